The maximum Gasteiger partial charge on any atom is 0.146 e. The van der Waals surface area contributed by atoms with Crippen LogP contribution in [0.1, 0.15) is 42.0 Å². The Morgan fingerprint density at radius 2 is 1.97 bits per heavy atom. The highest BCUT2D eigenvalue weighted by Crippen LogP contribution is 2.37. The summed E-state index contributed by atoms with van der Waals surface area (Å²) >= 11 is -2.25. The average molecular weight is 416 g/mol. The molecule has 0 aliphatic carbocycles. The van der Waals surface area contributed by atoms with Gasteiger partial charge in [-0.15, -0.1) is 5.10 Å². The predicted molar refractivity (Wildman–Crippen MR) is 113 cm³/mol. The first-order valence-corrected chi connectivity index (χ1v) is 10.5. The highest BCUT2D eigenvalue weighted by atomic mass is 32.2. The van der Waals surface area contributed by atoms with E-state index >= 15 is 0 Å². The lowest BCUT2D eigenvalue weighted by Gasteiger charge is -2.25. The van der Waals surface area contributed by atoms with Crippen molar-refractivity contribution in [1.82, 2.24) is 19.3 Å². The van der Waals surface area contributed by atoms with Crippen LogP contribution in [0.2, 0.25) is 0 Å². The van der Waals surface area contributed by atoms with Gasteiger partial charge in [0.05, 0.1) is 7.11 Å². The first-order chi connectivity index (χ1) is 13.7. The Kier molecular flexibility index (Phi) is 6.36. The molecule has 3 aromatic rings. The summed E-state index contributed by atoms with van der Waals surface area (Å²) in [5, 5.41) is 8.39. The molecule has 0 aliphatic heterocycles. The molecule has 2 aromatic carbocycles. The van der Waals surface area contributed by atoms with Crippen LogP contribution in [0, 0.1) is 12.8 Å². The molecule has 0 radical (unpaired) electrons. The molecule has 1 heterocycles. The minimum Gasteiger partial charge on any atom is -0.760 e. The van der Waals surface area contributed by atoms with Crippen LogP contribution >= 0.6 is 0 Å². The van der Waals surface area contributed by atoms with Crippen molar-refractivity contribution in [1.29, 1.82) is 0 Å². The van der Waals surface area contributed by atoms with E-state index in [2.05, 4.69) is 54.5 Å². The lowest BCUT2D eigenvalue weighted by molar-refractivity contribution is 0.415. The fraction of sp³-hybridized carbons (Fsp3) is 0.429. The maximum atomic E-state index is 11.3. The van der Waals surface area contributed by atoms with Gasteiger partial charge in [-0.25, -0.2) is 8.99 Å². The second-order valence-corrected chi connectivity index (χ2v) is 8.77. The van der Waals surface area contributed by atoms with Crippen molar-refractivity contribution >= 4 is 22.3 Å². The number of nitrogens with zero attached hydrogens (tertiary/aromatic N) is 4. The molecule has 2 unspecified atom stereocenters. The molecule has 0 saturated heterocycles. The normalized spacial score (nSPS) is 14.0. The number of hydrogen-bond donors (Lipinski definition) is 0. The smallest absolute Gasteiger partial charge is 0.146 e. The average Bonchev–Trinajstić information content (AvgIpc) is 3.04. The Hall–Kier alpha value is -2.29. The maximum absolute atomic E-state index is 11.3. The molecular formula is C21H27N4O3S-. The van der Waals surface area contributed by atoms with Crippen molar-refractivity contribution in [3.05, 3.63) is 52.6 Å². The van der Waals surface area contributed by atoms with Crippen LogP contribution in [0.5, 0.6) is 5.75 Å². The number of methoxy groups -OCH3 is 1. The second kappa shape index (κ2) is 8.61. The van der Waals surface area contributed by atoms with Crippen molar-refractivity contribution in [2.45, 2.75) is 33.2 Å². The van der Waals surface area contributed by atoms with E-state index in [1.165, 1.54) is 4.31 Å². The van der Waals surface area contributed by atoms with Crippen LogP contribution in [0.15, 0.2) is 30.3 Å². The van der Waals surface area contributed by atoms with Gasteiger partial charge in [-0.2, -0.15) is 0 Å². The summed E-state index contributed by atoms with van der Waals surface area (Å²) in [6.45, 7) is 6.69. The second-order valence-electron chi connectivity index (χ2n) is 7.71. The molecule has 7 nitrogen and oxygen atoms in total. The lowest BCUT2D eigenvalue weighted by Crippen LogP contribution is -2.21. The van der Waals surface area contributed by atoms with E-state index in [1.807, 2.05) is 14.0 Å². The van der Waals surface area contributed by atoms with E-state index in [9.17, 15) is 8.76 Å². The van der Waals surface area contributed by atoms with Crippen LogP contribution in [-0.2, 0) is 24.9 Å². The summed E-state index contributed by atoms with van der Waals surface area (Å²) in [6, 6.07) is 10.4. The monoisotopic (exact) mass is 415 g/mol. The molecule has 3 rings (SSSR count). The minimum atomic E-state index is -2.25. The van der Waals surface area contributed by atoms with Gasteiger partial charge in [-0.05, 0) is 54.3 Å². The molecule has 0 aliphatic rings. The van der Waals surface area contributed by atoms with Gasteiger partial charge in [-0.3, -0.25) is 4.21 Å². The standard InChI is InChI=1S/C21H28N4O3S/c1-13(2)20(15-8-7-14(3)17(9-15)12-24(4)29(26)27)16-10-18-21(19(11-16)28-6)25(5)23-22-18/h7-11,13,20H,12H2,1-6H3,(H,26,27)/p-1. The van der Waals surface area contributed by atoms with E-state index in [0.29, 0.717) is 12.5 Å². The molecule has 0 spiro atoms. The zero-order valence-corrected chi connectivity index (χ0v) is 18.5. The summed E-state index contributed by atoms with van der Waals surface area (Å²) in [5.41, 5.74) is 5.95. The molecular weight excluding hydrogens is 388 g/mol. The van der Waals surface area contributed by atoms with Crippen LogP contribution < -0.4 is 4.74 Å². The number of hydrogen-bond acceptors (Lipinski definition) is 5. The van der Waals surface area contributed by atoms with E-state index in [1.54, 1.807) is 18.8 Å². The van der Waals surface area contributed by atoms with Crippen molar-refractivity contribution in [3.8, 4) is 5.75 Å². The number of aryl methyl sites for hydroxylation is 2. The summed E-state index contributed by atoms with van der Waals surface area (Å²) in [6.07, 6.45) is 0. The highest BCUT2D eigenvalue weighted by Gasteiger charge is 2.22. The van der Waals surface area contributed by atoms with Gasteiger partial charge in [0, 0.05) is 30.8 Å². The third-order valence-corrected chi connectivity index (χ3v) is 5.95. The van der Waals surface area contributed by atoms with Crippen molar-refractivity contribution in [3.63, 3.8) is 0 Å². The Morgan fingerprint density at radius 1 is 1.24 bits per heavy atom. The molecule has 2 atom stereocenters. The topological polar surface area (TPSA) is 83.3 Å². The fourth-order valence-electron chi connectivity index (χ4n) is 3.82. The lowest BCUT2D eigenvalue weighted by atomic mass is 9.81. The molecule has 0 bridgehead atoms. The van der Waals surface area contributed by atoms with Crippen LogP contribution in [0.4, 0.5) is 0 Å². The molecule has 0 saturated carbocycles. The molecule has 8 heteroatoms. The van der Waals surface area contributed by atoms with Crippen LogP contribution in [-0.4, -0.2) is 42.2 Å². The zero-order chi connectivity index (χ0) is 21.3. The summed E-state index contributed by atoms with van der Waals surface area (Å²) in [4.78, 5) is 0. The van der Waals surface area contributed by atoms with Gasteiger partial charge in [0.15, 0.2) is 0 Å². The third kappa shape index (κ3) is 4.34. The number of rotatable bonds is 7. The minimum absolute atomic E-state index is 0.109. The summed E-state index contributed by atoms with van der Waals surface area (Å²) < 4.78 is 31.1. The van der Waals surface area contributed by atoms with E-state index in [-0.39, 0.29) is 5.92 Å². The quantitative estimate of drug-likeness (QED) is 0.553. The highest BCUT2D eigenvalue weighted by molar-refractivity contribution is 7.76. The van der Waals surface area contributed by atoms with Crippen molar-refractivity contribution < 1.29 is 13.5 Å². The van der Waals surface area contributed by atoms with Gasteiger partial charge in [-0.1, -0.05) is 37.3 Å². The molecule has 156 valence electrons. The Labute approximate surface area is 174 Å². The van der Waals surface area contributed by atoms with Gasteiger partial charge >= 0.3 is 0 Å². The van der Waals surface area contributed by atoms with Crippen molar-refractivity contribution in [2.24, 2.45) is 13.0 Å². The number of benzene rings is 2. The van der Waals surface area contributed by atoms with E-state index in [4.69, 9.17) is 4.74 Å². The molecule has 0 N–H and O–H groups in total. The molecule has 0 amide bonds. The van der Waals surface area contributed by atoms with E-state index < -0.39 is 11.3 Å². The van der Waals surface area contributed by atoms with E-state index in [0.717, 1.165) is 39.0 Å². The van der Waals surface area contributed by atoms with Crippen LogP contribution in [0.25, 0.3) is 11.0 Å². The van der Waals surface area contributed by atoms with Gasteiger partial charge < -0.3 is 9.29 Å². The fourth-order valence-corrected chi connectivity index (χ4v) is 4.06. The molecule has 0 fully saturated rings. The number of aromatic nitrogens is 3. The summed E-state index contributed by atoms with van der Waals surface area (Å²) in [7, 11) is 5.07. The first kappa shape index (κ1) is 21.4. The number of fused-ring (bicyclic) bond motifs is 1. The molecule has 29 heavy (non-hydrogen) atoms. The van der Waals surface area contributed by atoms with Gasteiger partial charge in [0.1, 0.15) is 16.8 Å². The number of ether oxygens (including phenoxy) is 1. The van der Waals surface area contributed by atoms with Gasteiger partial charge in [0.25, 0.3) is 0 Å². The first-order valence-electron chi connectivity index (χ1n) is 9.50. The van der Waals surface area contributed by atoms with Gasteiger partial charge in [0.2, 0.25) is 0 Å². The SMILES string of the molecule is COc1cc(C(c2ccc(C)c(CN(C)S(=O)[O-])c2)C(C)C)cc2nnn(C)c12. The Balaban J connectivity index is 2.09. The van der Waals surface area contributed by atoms with Crippen LogP contribution in [0.3, 0.4) is 0 Å². The molecule has 1 aromatic heterocycles. The Bertz CT molecular complexity index is 1050. The largest absolute Gasteiger partial charge is 0.760 e. The van der Waals surface area contributed by atoms with Crippen molar-refractivity contribution in [2.75, 3.05) is 14.2 Å². The third-order valence-electron chi connectivity index (χ3n) is 5.31. The summed E-state index contributed by atoms with van der Waals surface area (Å²) in [5.74, 6) is 1.16. The predicted octanol–water partition coefficient (Wildman–Crippen LogP) is 3.30. The Morgan fingerprint density at radius 3 is 2.59 bits per heavy atom. The zero-order valence-electron chi connectivity index (χ0n) is 17.7.